The quantitative estimate of drug-likeness (QED) is 0.725. The van der Waals surface area contributed by atoms with Crippen molar-refractivity contribution in [3.8, 4) is 0 Å². The fourth-order valence-corrected chi connectivity index (χ4v) is 4.38. The van der Waals surface area contributed by atoms with E-state index < -0.39 is 0 Å². The number of nitrogens with one attached hydrogen (secondary N) is 1. The SMILES string of the molecule is CCCc1nc2ccccc2n1[C@@H](C)C(=O)NCc1cn2c(n1)SCC2. The highest BCUT2D eigenvalue weighted by Gasteiger charge is 2.21. The predicted octanol–water partition coefficient (Wildman–Crippen LogP) is 3.17. The van der Waals surface area contributed by atoms with Crippen LogP contribution >= 0.6 is 11.8 Å². The van der Waals surface area contributed by atoms with E-state index in [1.54, 1.807) is 11.8 Å². The number of aromatic nitrogens is 4. The number of hydrogen-bond acceptors (Lipinski definition) is 4. The van der Waals surface area contributed by atoms with Crippen molar-refractivity contribution in [2.24, 2.45) is 0 Å². The van der Waals surface area contributed by atoms with E-state index in [-0.39, 0.29) is 11.9 Å². The second kappa shape index (κ2) is 7.15. The summed E-state index contributed by atoms with van der Waals surface area (Å²) in [6.07, 6.45) is 3.89. The largest absolute Gasteiger partial charge is 0.349 e. The summed E-state index contributed by atoms with van der Waals surface area (Å²) in [6.45, 7) is 5.52. The van der Waals surface area contributed by atoms with Crippen LogP contribution in [-0.2, 0) is 24.3 Å². The lowest BCUT2D eigenvalue weighted by molar-refractivity contribution is -0.124. The Balaban J connectivity index is 1.52. The molecule has 3 heterocycles. The molecular formula is C19H23N5OS. The number of benzene rings is 1. The number of fused-ring (bicyclic) bond motifs is 2. The topological polar surface area (TPSA) is 64.7 Å². The molecule has 0 saturated heterocycles. The number of nitrogens with zero attached hydrogens (tertiary/aromatic N) is 4. The Kier molecular flexibility index (Phi) is 4.72. The Bertz CT molecular complexity index is 923. The molecule has 0 fully saturated rings. The zero-order valence-electron chi connectivity index (χ0n) is 15.1. The molecule has 3 aromatic rings. The number of imidazole rings is 2. The molecule has 1 N–H and O–H groups in total. The Morgan fingerprint density at radius 1 is 1.35 bits per heavy atom. The van der Waals surface area contributed by atoms with Crippen LogP contribution in [0.1, 0.15) is 37.8 Å². The van der Waals surface area contributed by atoms with Gasteiger partial charge < -0.3 is 14.5 Å². The van der Waals surface area contributed by atoms with E-state index in [0.29, 0.717) is 6.54 Å². The fourth-order valence-electron chi connectivity index (χ4n) is 3.42. The molecule has 0 spiro atoms. The minimum absolute atomic E-state index is 0.00804. The molecule has 1 amide bonds. The number of carbonyl (C=O) groups is 1. The number of carbonyl (C=O) groups excluding carboxylic acids is 1. The van der Waals surface area contributed by atoms with Gasteiger partial charge in [0.05, 0.1) is 23.3 Å². The molecular weight excluding hydrogens is 346 g/mol. The molecule has 6 nitrogen and oxygen atoms in total. The number of hydrogen-bond donors (Lipinski definition) is 1. The number of aryl methyl sites for hydroxylation is 2. The summed E-state index contributed by atoms with van der Waals surface area (Å²) in [4.78, 5) is 22.1. The van der Waals surface area contributed by atoms with Crippen LogP contribution in [0, 0.1) is 0 Å². The van der Waals surface area contributed by atoms with E-state index in [1.807, 2.05) is 37.4 Å². The van der Waals surface area contributed by atoms with Crippen molar-refractivity contribution in [3.63, 3.8) is 0 Å². The number of thioether (sulfide) groups is 1. The van der Waals surface area contributed by atoms with Crippen LogP contribution in [0.3, 0.4) is 0 Å². The second-order valence-electron chi connectivity index (χ2n) is 6.59. The standard InChI is InChI=1S/C19H23N5OS/c1-3-6-17-22-15-7-4-5-8-16(15)24(17)13(2)18(25)20-11-14-12-23-9-10-26-19(23)21-14/h4-5,7-8,12-13H,3,6,9-11H2,1-2H3,(H,20,25)/t13-/m0/s1. The lowest BCUT2D eigenvalue weighted by Gasteiger charge is -2.17. The van der Waals surface area contributed by atoms with E-state index in [4.69, 9.17) is 4.98 Å². The third-order valence-corrected chi connectivity index (χ3v) is 5.68. The van der Waals surface area contributed by atoms with Gasteiger partial charge in [-0.1, -0.05) is 30.8 Å². The number of rotatable bonds is 6. The fraction of sp³-hybridized carbons (Fsp3) is 0.421. The zero-order valence-corrected chi connectivity index (χ0v) is 15.9. The molecule has 136 valence electrons. The van der Waals surface area contributed by atoms with Gasteiger partial charge in [-0.15, -0.1) is 0 Å². The monoisotopic (exact) mass is 369 g/mol. The van der Waals surface area contributed by atoms with Gasteiger partial charge >= 0.3 is 0 Å². The molecule has 1 atom stereocenters. The first kappa shape index (κ1) is 17.1. The first-order chi connectivity index (χ1) is 12.7. The number of amides is 1. The van der Waals surface area contributed by atoms with Crippen molar-refractivity contribution in [2.75, 3.05) is 5.75 Å². The van der Waals surface area contributed by atoms with E-state index >= 15 is 0 Å². The molecule has 0 saturated carbocycles. The highest BCUT2D eigenvalue weighted by molar-refractivity contribution is 7.99. The summed E-state index contributed by atoms with van der Waals surface area (Å²) in [5.41, 5.74) is 2.87. The molecule has 0 unspecified atom stereocenters. The van der Waals surface area contributed by atoms with Crippen molar-refractivity contribution in [3.05, 3.63) is 42.0 Å². The molecule has 2 aromatic heterocycles. The van der Waals surface area contributed by atoms with Crippen LogP contribution in [0.2, 0.25) is 0 Å². The Hall–Kier alpha value is -2.28. The zero-order chi connectivity index (χ0) is 18.1. The molecule has 26 heavy (non-hydrogen) atoms. The second-order valence-corrected chi connectivity index (χ2v) is 7.65. The molecule has 1 aliphatic rings. The minimum Gasteiger partial charge on any atom is -0.349 e. The van der Waals surface area contributed by atoms with Gasteiger partial charge in [-0.2, -0.15) is 0 Å². The maximum atomic E-state index is 12.8. The first-order valence-corrected chi connectivity index (χ1v) is 10.1. The van der Waals surface area contributed by atoms with Crippen LogP contribution < -0.4 is 5.32 Å². The molecule has 0 bridgehead atoms. The smallest absolute Gasteiger partial charge is 0.243 e. The summed E-state index contributed by atoms with van der Waals surface area (Å²) in [7, 11) is 0. The van der Waals surface area contributed by atoms with Crippen molar-refractivity contribution in [1.82, 2.24) is 24.4 Å². The Labute approximate surface area is 157 Å². The van der Waals surface area contributed by atoms with E-state index in [1.165, 1.54) is 0 Å². The van der Waals surface area contributed by atoms with Crippen molar-refractivity contribution in [1.29, 1.82) is 0 Å². The van der Waals surface area contributed by atoms with E-state index in [9.17, 15) is 4.79 Å². The Morgan fingerprint density at radius 3 is 3.00 bits per heavy atom. The minimum atomic E-state index is -0.312. The van der Waals surface area contributed by atoms with Crippen LogP contribution in [0.5, 0.6) is 0 Å². The average Bonchev–Trinajstić information content (AvgIpc) is 3.31. The third-order valence-electron chi connectivity index (χ3n) is 4.71. The lowest BCUT2D eigenvalue weighted by atomic mass is 10.2. The van der Waals surface area contributed by atoms with Crippen LogP contribution in [-0.4, -0.2) is 30.8 Å². The highest BCUT2D eigenvalue weighted by Crippen LogP contribution is 2.25. The van der Waals surface area contributed by atoms with Gasteiger partial charge in [-0.05, 0) is 25.5 Å². The van der Waals surface area contributed by atoms with Gasteiger partial charge in [0.25, 0.3) is 0 Å². The highest BCUT2D eigenvalue weighted by atomic mass is 32.2. The van der Waals surface area contributed by atoms with Crippen LogP contribution in [0.15, 0.2) is 35.6 Å². The van der Waals surface area contributed by atoms with Gasteiger partial charge in [0, 0.05) is 24.9 Å². The molecule has 7 heteroatoms. The molecule has 0 radical (unpaired) electrons. The maximum absolute atomic E-state index is 12.8. The van der Waals surface area contributed by atoms with Crippen LogP contribution in [0.4, 0.5) is 0 Å². The predicted molar refractivity (Wildman–Crippen MR) is 103 cm³/mol. The molecule has 4 rings (SSSR count). The summed E-state index contributed by atoms with van der Waals surface area (Å²) in [6, 6.07) is 7.69. The summed E-state index contributed by atoms with van der Waals surface area (Å²) in [5, 5.41) is 4.09. The average molecular weight is 369 g/mol. The van der Waals surface area contributed by atoms with Gasteiger partial charge in [-0.25, -0.2) is 9.97 Å². The van der Waals surface area contributed by atoms with Gasteiger partial charge in [0.2, 0.25) is 5.91 Å². The number of para-hydroxylation sites is 2. The summed E-state index contributed by atoms with van der Waals surface area (Å²) in [5.74, 6) is 2.04. The van der Waals surface area contributed by atoms with Gasteiger partial charge in [0.15, 0.2) is 5.16 Å². The van der Waals surface area contributed by atoms with Crippen molar-refractivity contribution < 1.29 is 4.79 Å². The first-order valence-electron chi connectivity index (χ1n) is 9.09. The van der Waals surface area contributed by atoms with Crippen molar-refractivity contribution in [2.45, 2.75) is 51.0 Å². The van der Waals surface area contributed by atoms with E-state index in [0.717, 1.165) is 52.8 Å². The lowest BCUT2D eigenvalue weighted by Crippen LogP contribution is -2.31. The van der Waals surface area contributed by atoms with Crippen LogP contribution in [0.25, 0.3) is 11.0 Å². The summed E-state index contributed by atoms with van der Waals surface area (Å²) < 4.78 is 4.22. The van der Waals surface area contributed by atoms with Crippen molar-refractivity contribution >= 4 is 28.7 Å². The maximum Gasteiger partial charge on any atom is 0.243 e. The van der Waals surface area contributed by atoms with Gasteiger partial charge in [-0.3, -0.25) is 4.79 Å². The molecule has 1 aromatic carbocycles. The normalized spacial score (nSPS) is 14.5. The third kappa shape index (κ3) is 3.11. The Morgan fingerprint density at radius 2 is 2.19 bits per heavy atom. The van der Waals surface area contributed by atoms with E-state index in [2.05, 4.69) is 26.4 Å². The summed E-state index contributed by atoms with van der Waals surface area (Å²) >= 11 is 1.76. The van der Waals surface area contributed by atoms with Gasteiger partial charge in [0.1, 0.15) is 11.9 Å². The molecule has 0 aliphatic carbocycles. The molecule has 1 aliphatic heterocycles.